The smallest absolute Gasteiger partial charge is 0.326 e. The van der Waals surface area contributed by atoms with Crippen molar-refractivity contribution < 1.29 is 39.0 Å². The number of aromatic hydroxyl groups is 1. The van der Waals surface area contributed by atoms with Crippen LogP contribution in [0.4, 0.5) is 0 Å². The predicted molar refractivity (Wildman–Crippen MR) is 220 cm³/mol. The number of phenolic OH excluding ortho intramolecular Hbond substituents is 1. The summed E-state index contributed by atoms with van der Waals surface area (Å²) in [5.74, 6) is -5.16. The zero-order valence-corrected chi connectivity index (χ0v) is 34.0. The molecule has 0 spiro atoms. The Hall–Kier alpha value is -5.36. The van der Waals surface area contributed by atoms with Gasteiger partial charge in [-0.2, -0.15) is 11.8 Å². The second-order valence-electron chi connectivity index (χ2n) is 14.4. The van der Waals surface area contributed by atoms with Gasteiger partial charge in [0.25, 0.3) is 0 Å². The molecule has 17 nitrogen and oxygen atoms in total. The van der Waals surface area contributed by atoms with Crippen molar-refractivity contribution in [2.24, 2.45) is 34.0 Å². The highest BCUT2D eigenvalue weighted by molar-refractivity contribution is 7.98. The van der Waals surface area contributed by atoms with Crippen LogP contribution in [0.5, 0.6) is 5.75 Å². The normalized spacial score (nSPS) is 14.2. The summed E-state index contributed by atoms with van der Waals surface area (Å²) < 4.78 is 0. The van der Waals surface area contributed by atoms with Crippen LogP contribution in [0.2, 0.25) is 0 Å². The van der Waals surface area contributed by atoms with Crippen LogP contribution in [-0.2, 0) is 41.6 Å². The number of benzene rings is 2. The standard InChI is InChI=1S/C39H59N9O8S/c1-22(2)31(36(53)44-28(38(55)56)17-19-57-5)48-37(54)32(23(3)4)47-35(52)30(21-25-13-15-26(49)16-14-25)46-34(51)29(20-24-10-7-6-8-11-24)45-33(50)27(40)12-9-18-43-39(41)42/h6-8,10-11,13-16,22-23,27-32,49H,9,12,17-21,40H2,1-5H3,(H,44,53)(H,45,50)(H,46,51)(H,47,52)(H,48,54)(H,55,56)(H4,41,42,43)/t27-,28-,29-,30-,31-,32-/m0/s1. The summed E-state index contributed by atoms with van der Waals surface area (Å²) >= 11 is 1.43. The number of guanidine groups is 1. The highest BCUT2D eigenvalue weighted by atomic mass is 32.2. The Morgan fingerprint density at radius 1 is 0.667 bits per heavy atom. The summed E-state index contributed by atoms with van der Waals surface area (Å²) in [7, 11) is 0. The average Bonchev–Trinajstić information content (AvgIpc) is 3.15. The average molecular weight is 814 g/mol. The minimum absolute atomic E-state index is 0.0109. The van der Waals surface area contributed by atoms with Gasteiger partial charge in [-0.05, 0) is 66.4 Å². The maximum absolute atomic E-state index is 14.1. The Bertz CT molecular complexity index is 1660. The highest BCUT2D eigenvalue weighted by Crippen LogP contribution is 2.14. The molecule has 13 N–H and O–H groups in total. The van der Waals surface area contributed by atoms with Crippen LogP contribution in [0.1, 0.15) is 58.1 Å². The van der Waals surface area contributed by atoms with Crippen LogP contribution in [-0.4, -0.2) is 106 Å². The SMILES string of the molecule is CSCC[C@H](NC(=O)[C@@H](NC(=O)[C@@H](NC(=O)[C@H](Cc1ccc(O)cc1)NC(=O)[C@H](Cc1ccccc1)NC(=O)[C@@H](N)CCCN=C(N)N)C(C)C)C(C)C)C(=O)O. The fraction of sp³-hybridized carbons (Fsp3) is 0.513. The molecule has 2 aromatic rings. The summed E-state index contributed by atoms with van der Waals surface area (Å²) in [6, 6.07) is 8.03. The van der Waals surface area contributed by atoms with Gasteiger partial charge in [0.2, 0.25) is 29.5 Å². The number of carboxylic acids is 1. The summed E-state index contributed by atoms with van der Waals surface area (Å²) in [4.78, 5) is 84.1. The summed E-state index contributed by atoms with van der Waals surface area (Å²) in [6.07, 6.45) is 2.63. The molecule has 0 aliphatic heterocycles. The number of hydrogen-bond donors (Lipinski definition) is 10. The van der Waals surface area contributed by atoms with E-state index in [-0.39, 0.29) is 43.9 Å². The number of thioether (sulfide) groups is 1. The van der Waals surface area contributed by atoms with Crippen molar-refractivity contribution in [2.75, 3.05) is 18.6 Å². The summed E-state index contributed by atoms with van der Waals surface area (Å²) in [5, 5.41) is 32.9. The van der Waals surface area contributed by atoms with Crippen molar-refractivity contribution in [1.29, 1.82) is 0 Å². The van der Waals surface area contributed by atoms with Crippen LogP contribution in [0.15, 0.2) is 59.6 Å². The first-order chi connectivity index (χ1) is 26.9. The number of nitrogens with two attached hydrogens (primary N) is 3. The lowest BCUT2D eigenvalue weighted by Gasteiger charge is -2.29. The van der Waals surface area contributed by atoms with Crippen LogP contribution in [0, 0.1) is 11.8 Å². The molecule has 6 atom stereocenters. The van der Waals surface area contributed by atoms with Crippen LogP contribution >= 0.6 is 11.8 Å². The molecule has 2 rings (SSSR count). The zero-order chi connectivity index (χ0) is 42.7. The van der Waals surface area contributed by atoms with Crippen molar-refractivity contribution in [3.63, 3.8) is 0 Å². The van der Waals surface area contributed by atoms with Crippen molar-refractivity contribution in [3.8, 4) is 5.75 Å². The summed E-state index contributed by atoms with van der Waals surface area (Å²) in [6.45, 7) is 7.03. The van der Waals surface area contributed by atoms with Gasteiger partial charge in [0, 0.05) is 19.4 Å². The lowest BCUT2D eigenvalue weighted by Crippen LogP contribution is -2.61. The van der Waals surface area contributed by atoms with Gasteiger partial charge in [-0.25, -0.2) is 4.79 Å². The van der Waals surface area contributed by atoms with E-state index in [4.69, 9.17) is 17.2 Å². The van der Waals surface area contributed by atoms with Crippen molar-refractivity contribution in [1.82, 2.24) is 26.6 Å². The molecular formula is C39H59N9O8S. The molecule has 0 aliphatic carbocycles. The first kappa shape index (κ1) is 47.8. The van der Waals surface area contributed by atoms with E-state index < -0.39 is 83.6 Å². The molecule has 2 aromatic carbocycles. The van der Waals surface area contributed by atoms with E-state index in [1.807, 2.05) is 6.26 Å². The van der Waals surface area contributed by atoms with Gasteiger partial charge in [-0.3, -0.25) is 29.0 Å². The number of carboxylic acid groups (broad SMARTS) is 1. The Labute approximate surface area is 338 Å². The number of nitrogens with one attached hydrogen (secondary N) is 5. The van der Waals surface area contributed by atoms with Crippen LogP contribution < -0.4 is 43.8 Å². The van der Waals surface area contributed by atoms with E-state index in [1.165, 1.54) is 23.9 Å². The molecule has 57 heavy (non-hydrogen) atoms. The molecule has 314 valence electrons. The number of nitrogens with zero attached hydrogens (tertiary/aromatic N) is 1. The molecule has 0 radical (unpaired) electrons. The number of aliphatic carboxylic acids is 1. The van der Waals surface area contributed by atoms with Gasteiger partial charge in [0.15, 0.2) is 5.96 Å². The van der Waals surface area contributed by atoms with Crippen molar-refractivity contribution >= 4 is 53.2 Å². The van der Waals surface area contributed by atoms with Gasteiger partial charge in [0.05, 0.1) is 6.04 Å². The number of hydrogen-bond acceptors (Lipinski definition) is 10. The number of aliphatic imine (C=N–C) groups is 1. The van der Waals surface area contributed by atoms with E-state index >= 15 is 0 Å². The quantitative estimate of drug-likeness (QED) is 0.0385. The second-order valence-corrected chi connectivity index (χ2v) is 15.4. The van der Waals surface area contributed by atoms with E-state index in [9.17, 15) is 39.0 Å². The first-order valence-corrected chi connectivity index (χ1v) is 20.2. The molecule has 0 saturated heterocycles. The van der Waals surface area contributed by atoms with Crippen molar-refractivity contribution in [2.45, 2.75) is 96.1 Å². The minimum atomic E-state index is -1.28. The largest absolute Gasteiger partial charge is 0.508 e. The van der Waals surface area contributed by atoms with Gasteiger partial charge in [-0.15, -0.1) is 0 Å². The van der Waals surface area contributed by atoms with Crippen LogP contribution in [0.3, 0.4) is 0 Å². The summed E-state index contributed by atoms with van der Waals surface area (Å²) in [5.41, 5.74) is 18.2. The lowest BCUT2D eigenvalue weighted by atomic mass is 9.98. The fourth-order valence-electron chi connectivity index (χ4n) is 5.66. The molecule has 0 unspecified atom stereocenters. The minimum Gasteiger partial charge on any atom is -0.508 e. The number of rotatable bonds is 24. The highest BCUT2D eigenvalue weighted by Gasteiger charge is 2.35. The Morgan fingerprint density at radius 2 is 1.14 bits per heavy atom. The fourth-order valence-corrected chi connectivity index (χ4v) is 6.13. The maximum Gasteiger partial charge on any atom is 0.326 e. The maximum atomic E-state index is 14.1. The molecule has 5 amide bonds. The number of amides is 5. The molecular weight excluding hydrogens is 755 g/mol. The Balaban J connectivity index is 2.37. The topological polar surface area (TPSA) is 293 Å². The number of carbonyl (C=O) groups excluding carboxylic acids is 5. The molecule has 0 aromatic heterocycles. The number of carbonyl (C=O) groups is 6. The van der Waals surface area contributed by atoms with E-state index in [2.05, 4.69) is 31.6 Å². The van der Waals surface area contributed by atoms with Crippen LogP contribution in [0.25, 0.3) is 0 Å². The lowest BCUT2D eigenvalue weighted by molar-refractivity contribution is -0.142. The van der Waals surface area contributed by atoms with Gasteiger partial charge >= 0.3 is 5.97 Å². The van der Waals surface area contributed by atoms with E-state index in [1.54, 1.807) is 70.2 Å². The second kappa shape index (κ2) is 24.3. The Kier molecular flexibility index (Phi) is 20.4. The third-order valence-electron chi connectivity index (χ3n) is 8.95. The van der Waals surface area contributed by atoms with E-state index in [0.29, 0.717) is 17.7 Å². The third kappa shape index (κ3) is 17.1. The monoisotopic (exact) mass is 813 g/mol. The van der Waals surface area contributed by atoms with E-state index in [0.717, 1.165) is 5.56 Å². The molecule has 0 aliphatic rings. The molecule has 0 bridgehead atoms. The van der Waals surface area contributed by atoms with Gasteiger partial charge in [-0.1, -0.05) is 70.2 Å². The molecule has 18 heteroatoms. The zero-order valence-electron chi connectivity index (χ0n) is 33.2. The van der Waals surface area contributed by atoms with Crippen molar-refractivity contribution in [3.05, 3.63) is 65.7 Å². The molecule has 0 heterocycles. The van der Waals surface area contributed by atoms with Gasteiger partial charge in [0.1, 0.15) is 36.0 Å². The number of phenols is 1. The van der Waals surface area contributed by atoms with Gasteiger partial charge < -0.3 is 54.0 Å². The third-order valence-corrected chi connectivity index (χ3v) is 9.59. The first-order valence-electron chi connectivity index (χ1n) is 18.8. The Morgan fingerprint density at radius 3 is 1.65 bits per heavy atom. The molecule has 0 saturated carbocycles. The predicted octanol–water partition coefficient (Wildman–Crippen LogP) is 0.132. The molecule has 0 fully saturated rings.